The molecule has 0 aliphatic carbocycles. The summed E-state index contributed by atoms with van der Waals surface area (Å²) < 4.78 is 7.30. The fourth-order valence-corrected chi connectivity index (χ4v) is 5.73. The standard InChI is InChI=1S/C34H31N11O/c1-46-25-8-9-27(39-20-25)28-10-11-29-34(41-28)45(33(42-29)26-3-2-15-38-32(26)36)24-6-4-22(5-7-24)21-44-17-13-23(14-18-44)40-30-12-16-37-31(19-35)43-30/h2-12,15-16,20,23H,13-14,17-18,21H2,1H3,(H2,36,38)(H,37,40,43). The van der Waals surface area contributed by atoms with Gasteiger partial charge in [0.1, 0.15) is 29.0 Å². The van der Waals surface area contributed by atoms with Gasteiger partial charge in [0.15, 0.2) is 11.5 Å². The number of imidazole rings is 1. The number of aromatic nitrogens is 7. The third-order valence-electron chi connectivity index (χ3n) is 8.11. The van der Waals surface area contributed by atoms with Crippen LogP contribution in [0.25, 0.3) is 39.6 Å². The van der Waals surface area contributed by atoms with Gasteiger partial charge in [-0.25, -0.2) is 24.9 Å². The molecule has 1 fully saturated rings. The summed E-state index contributed by atoms with van der Waals surface area (Å²) in [6.45, 7) is 2.76. The van der Waals surface area contributed by atoms with Crippen LogP contribution < -0.4 is 15.8 Å². The Morgan fingerprint density at radius 2 is 1.74 bits per heavy atom. The van der Waals surface area contributed by atoms with Crippen molar-refractivity contribution in [2.75, 3.05) is 31.2 Å². The van der Waals surface area contributed by atoms with Crippen LogP contribution >= 0.6 is 0 Å². The number of methoxy groups -OCH3 is 1. The maximum Gasteiger partial charge on any atom is 0.234 e. The maximum atomic E-state index is 9.08. The SMILES string of the molecule is COc1ccc(-c2ccc3nc(-c4cccnc4N)n(-c4ccc(CN5CCC(Nc6ccnc(C#N)n6)CC5)cc4)c3n2)nc1. The van der Waals surface area contributed by atoms with Gasteiger partial charge in [0.05, 0.1) is 30.3 Å². The summed E-state index contributed by atoms with van der Waals surface area (Å²) in [5, 5.41) is 12.5. The largest absolute Gasteiger partial charge is 0.495 e. The van der Waals surface area contributed by atoms with Crippen LogP contribution in [0, 0.1) is 11.3 Å². The van der Waals surface area contributed by atoms with E-state index in [1.54, 1.807) is 31.8 Å². The topological polar surface area (TPSA) is 157 Å². The number of hydrogen-bond donors (Lipinski definition) is 2. The lowest BCUT2D eigenvalue weighted by Gasteiger charge is -2.32. The van der Waals surface area contributed by atoms with Crippen LogP contribution in [-0.2, 0) is 6.54 Å². The van der Waals surface area contributed by atoms with Crippen LogP contribution in [-0.4, -0.2) is 65.6 Å². The first-order chi connectivity index (χ1) is 22.6. The van der Waals surface area contributed by atoms with Crippen LogP contribution in [0.1, 0.15) is 24.2 Å². The Hall–Kier alpha value is -5.93. The summed E-state index contributed by atoms with van der Waals surface area (Å²) in [4.78, 5) is 29.5. The van der Waals surface area contributed by atoms with Crippen molar-refractivity contribution in [3.05, 3.63) is 96.7 Å². The first-order valence-corrected chi connectivity index (χ1v) is 15.0. The molecule has 46 heavy (non-hydrogen) atoms. The van der Waals surface area contributed by atoms with E-state index in [-0.39, 0.29) is 5.82 Å². The summed E-state index contributed by atoms with van der Waals surface area (Å²) in [7, 11) is 1.62. The second-order valence-electron chi connectivity index (χ2n) is 11.1. The molecule has 0 radical (unpaired) electrons. The van der Waals surface area contributed by atoms with Crippen LogP contribution in [0.15, 0.2) is 85.3 Å². The van der Waals surface area contributed by atoms with E-state index in [2.05, 4.69) is 54.4 Å². The Kier molecular flexibility index (Phi) is 7.89. The normalized spacial score (nSPS) is 13.8. The van der Waals surface area contributed by atoms with Crippen LogP contribution in [0.4, 0.5) is 11.6 Å². The molecule has 228 valence electrons. The number of anilines is 2. The molecule has 3 N–H and O–H groups in total. The predicted molar refractivity (Wildman–Crippen MR) is 175 cm³/mol. The lowest BCUT2D eigenvalue weighted by atomic mass is 10.0. The van der Waals surface area contributed by atoms with E-state index in [1.807, 2.05) is 47.0 Å². The lowest BCUT2D eigenvalue weighted by Crippen LogP contribution is -2.38. The molecule has 0 saturated carbocycles. The number of piperidine rings is 1. The van der Waals surface area contributed by atoms with E-state index in [9.17, 15) is 0 Å². The maximum absolute atomic E-state index is 9.08. The Morgan fingerprint density at radius 1 is 0.913 bits per heavy atom. The third kappa shape index (κ3) is 5.91. The van der Waals surface area contributed by atoms with Crippen molar-refractivity contribution >= 4 is 22.8 Å². The van der Waals surface area contributed by atoms with Crippen molar-refractivity contribution in [1.29, 1.82) is 5.26 Å². The molecule has 0 spiro atoms. The quantitative estimate of drug-likeness (QED) is 0.243. The van der Waals surface area contributed by atoms with E-state index in [4.69, 9.17) is 25.7 Å². The Labute approximate surface area is 265 Å². The summed E-state index contributed by atoms with van der Waals surface area (Å²) in [6, 6.07) is 24.0. The molecule has 12 heteroatoms. The second-order valence-corrected chi connectivity index (χ2v) is 11.1. The molecule has 7 rings (SSSR count). The number of nitrogen functional groups attached to an aromatic ring is 1. The molecule has 1 aromatic carbocycles. The highest BCUT2D eigenvalue weighted by Gasteiger charge is 2.21. The number of nitrogens with two attached hydrogens (primary N) is 1. The van der Waals surface area contributed by atoms with E-state index >= 15 is 0 Å². The molecule has 1 aliphatic rings. The molecule has 0 atom stereocenters. The summed E-state index contributed by atoms with van der Waals surface area (Å²) in [5.41, 5.74) is 12.1. The van der Waals surface area contributed by atoms with Crippen molar-refractivity contribution in [3.8, 4) is 40.3 Å². The number of fused-ring (bicyclic) bond motifs is 1. The van der Waals surface area contributed by atoms with E-state index < -0.39 is 0 Å². The average Bonchev–Trinajstić information content (AvgIpc) is 3.48. The minimum Gasteiger partial charge on any atom is -0.495 e. The fourth-order valence-electron chi connectivity index (χ4n) is 5.73. The molecule has 0 bridgehead atoms. The summed E-state index contributed by atoms with van der Waals surface area (Å²) >= 11 is 0. The zero-order valence-electron chi connectivity index (χ0n) is 25.2. The molecule has 12 nitrogen and oxygen atoms in total. The number of nitrogens with one attached hydrogen (secondary N) is 1. The summed E-state index contributed by atoms with van der Waals surface area (Å²) in [6.07, 6.45) is 6.93. The number of hydrogen-bond acceptors (Lipinski definition) is 11. The highest BCUT2D eigenvalue weighted by molar-refractivity contribution is 5.84. The monoisotopic (exact) mass is 609 g/mol. The minimum atomic E-state index is 0.177. The molecule has 0 amide bonds. The number of ether oxygens (including phenoxy) is 1. The van der Waals surface area contributed by atoms with Gasteiger partial charge in [0.25, 0.3) is 0 Å². The van der Waals surface area contributed by atoms with Gasteiger partial charge in [0, 0.05) is 43.8 Å². The molecule has 0 unspecified atom stereocenters. The molecular formula is C34H31N11O. The number of nitrogens with zero attached hydrogens (tertiary/aromatic N) is 9. The highest BCUT2D eigenvalue weighted by Crippen LogP contribution is 2.32. The zero-order valence-corrected chi connectivity index (χ0v) is 25.2. The first-order valence-electron chi connectivity index (χ1n) is 15.0. The van der Waals surface area contributed by atoms with Gasteiger partial charge in [-0.3, -0.25) is 14.5 Å². The molecule has 1 saturated heterocycles. The van der Waals surface area contributed by atoms with Crippen molar-refractivity contribution in [1.82, 2.24) is 39.4 Å². The molecule has 6 heterocycles. The van der Waals surface area contributed by atoms with Gasteiger partial charge in [-0.05, 0) is 73.0 Å². The second kappa shape index (κ2) is 12.6. The molecular weight excluding hydrogens is 578 g/mol. The zero-order chi connectivity index (χ0) is 31.5. The van der Waals surface area contributed by atoms with Gasteiger partial charge in [-0.1, -0.05) is 12.1 Å². The average molecular weight is 610 g/mol. The van der Waals surface area contributed by atoms with Crippen molar-refractivity contribution in [2.45, 2.75) is 25.4 Å². The molecule has 5 aromatic heterocycles. The van der Waals surface area contributed by atoms with Crippen molar-refractivity contribution in [2.24, 2.45) is 0 Å². The van der Waals surface area contributed by atoms with E-state index in [1.165, 1.54) is 5.56 Å². The molecule has 1 aliphatic heterocycles. The highest BCUT2D eigenvalue weighted by atomic mass is 16.5. The van der Waals surface area contributed by atoms with Gasteiger partial charge in [-0.2, -0.15) is 5.26 Å². The predicted octanol–water partition coefficient (Wildman–Crippen LogP) is 4.87. The number of pyridine rings is 3. The van der Waals surface area contributed by atoms with Gasteiger partial charge in [0.2, 0.25) is 5.82 Å². The Morgan fingerprint density at radius 3 is 2.48 bits per heavy atom. The van der Waals surface area contributed by atoms with Crippen molar-refractivity contribution in [3.63, 3.8) is 0 Å². The van der Waals surface area contributed by atoms with E-state index in [0.29, 0.717) is 34.9 Å². The first kappa shape index (κ1) is 28.8. The van der Waals surface area contributed by atoms with Gasteiger partial charge in [-0.15, -0.1) is 0 Å². The smallest absolute Gasteiger partial charge is 0.234 e. The summed E-state index contributed by atoms with van der Waals surface area (Å²) in [5.74, 6) is 2.62. The number of likely N-dealkylation sites (tertiary alicyclic amines) is 1. The van der Waals surface area contributed by atoms with Gasteiger partial charge < -0.3 is 15.8 Å². The van der Waals surface area contributed by atoms with Crippen LogP contribution in [0.3, 0.4) is 0 Å². The van der Waals surface area contributed by atoms with Gasteiger partial charge >= 0.3 is 0 Å². The van der Waals surface area contributed by atoms with Crippen molar-refractivity contribution < 1.29 is 4.74 Å². The van der Waals surface area contributed by atoms with Crippen LogP contribution in [0.5, 0.6) is 5.75 Å². The fraction of sp³-hybridized carbons (Fsp3) is 0.206. The molecule has 6 aromatic rings. The van der Waals surface area contributed by atoms with E-state index in [0.717, 1.165) is 60.6 Å². The Balaban J connectivity index is 1.13. The lowest BCUT2D eigenvalue weighted by molar-refractivity contribution is 0.211. The number of nitriles is 1. The number of rotatable bonds is 8. The number of benzene rings is 1. The minimum absolute atomic E-state index is 0.177. The third-order valence-corrected chi connectivity index (χ3v) is 8.11. The Bertz CT molecular complexity index is 2030. The van der Waals surface area contributed by atoms with Crippen LogP contribution in [0.2, 0.25) is 0 Å².